The molecule has 8 aromatic carbocycles. The number of hydrogen-bond donors (Lipinski definition) is 0. The second kappa shape index (κ2) is 18.3. The van der Waals surface area contributed by atoms with Gasteiger partial charge < -0.3 is 4.74 Å². The fourth-order valence-electron chi connectivity index (χ4n) is 11.1. The number of ether oxygens (including phenoxy) is 1. The minimum absolute atomic E-state index is 0. The van der Waals surface area contributed by atoms with E-state index in [0.29, 0.717) is 11.5 Å². The maximum atomic E-state index is 7.09. The van der Waals surface area contributed by atoms with Gasteiger partial charge in [0.1, 0.15) is 12.7 Å². The number of hydrogen-bond acceptors (Lipinski definition) is 7. The third-order valence-electron chi connectivity index (χ3n) is 14.8. The Kier molecular flexibility index (Phi) is 11.5. The molecule has 0 bridgehead atoms. The first-order valence-electron chi connectivity index (χ1n) is 25.4. The van der Waals surface area contributed by atoms with Crippen LogP contribution in [-0.2, 0) is 31.9 Å². The van der Waals surface area contributed by atoms with Crippen LogP contribution in [0.5, 0.6) is 11.5 Å². The topological polar surface area (TPSA) is 60.8 Å². The van der Waals surface area contributed by atoms with Crippen molar-refractivity contribution < 1.29 is 25.8 Å². The van der Waals surface area contributed by atoms with Crippen LogP contribution < -0.4 is 4.74 Å². The number of rotatable bonds is 4. The summed E-state index contributed by atoms with van der Waals surface area (Å²) < 4.78 is 9.10. The van der Waals surface area contributed by atoms with Crippen molar-refractivity contribution in [1.29, 1.82) is 0 Å². The van der Waals surface area contributed by atoms with E-state index in [1.807, 2.05) is 0 Å². The first-order valence-corrected chi connectivity index (χ1v) is 27.1. The Labute approximate surface area is 465 Å². The van der Waals surface area contributed by atoms with E-state index in [2.05, 4.69) is 224 Å². The Bertz CT molecular complexity index is 4050. The number of aromatic nitrogens is 4. The van der Waals surface area contributed by atoms with Crippen LogP contribution in [0.4, 0.5) is 0 Å². The van der Waals surface area contributed by atoms with Crippen molar-refractivity contribution >= 4 is 43.1 Å². The van der Waals surface area contributed by atoms with Crippen LogP contribution in [0.3, 0.4) is 0 Å². The maximum absolute atomic E-state index is 7.09. The van der Waals surface area contributed by atoms with E-state index in [4.69, 9.17) is 24.7 Å². The molecule has 4 heterocycles. The quantitative estimate of drug-likeness (QED) is 0.164. The van der Waals surface area contributed by atoms with Crippen molar-refractivity contribution in [2.45, 2.75) is 52.4 Å². The molecule has 12 aromatic rings. The van der Waals surface area contributed by atoms with Gasteiger partial charge in [-0.25, -0.2) is 9.97 Å². The zero-order valence-electron chi connectivity index (χ0n) is 42.7. The second-order valence-electron chi connectivity index (χ2n) is 21.6. The van der Waals surface area contributed by atoms with E-state index in [9.17, 15) is 0 Å². The summed E-state index contributed by atoms with van der Waals surface area (Å²) in [4.78, 5) is 22.7. The van der Waals surface area contributed by atoms with Gasteiger partial charge in [0.15, 0.2) is 0 Å². The molecule has 0 amide bonds. The summed E-state index contributed by atoms with van der Waals surface area (Å²) in [5.74, 6) is 1.16. The Morgan fingerprint density at radius 3 is 0.987 bits per heavy atom. The summed E-state index contributed by atoms with van der Waals surface area (Å²) in [6.07, 6.45) is 3.42. The molecule has 0 aliphatic heterocycles. The molecule has 76 heavy (non-hydrogen) atoms. The average Bonchev–Trinajstić information content (AvgIpc) is 4.10. The van der Waals surface area contributed by atoms with Gasteiger partial charge in [0.25, 0.3) is 0 Å². The molecule has 0 unspecified atom stereocenters. The van der Waals surface area contributed by atoms with Crippen molar-refractivity contribution in [2.24, 2.45) is 0 Å². The van der Waals surface area contributed by atoms with Gasteiger partial charge in [0, 0.05) is 64.3 Å². The van der Waals surface area contributed by atoms with Crippen molar-refractivity contribution in [1.82, 2.24) is 19.9 Å². The smallest absolute Gasteiger partial charge is 0.497 e. The van der Waals surface area contributed by atoms with E-state index in [-0.39, 0.29) is 31.9 Å². The predicted octanol–water partition coefficient (Wildman–Crippen LogP) is 19.0. The minimum atomic E-state index is -0.231. The molecule has 0 radical (unpaired) electrons. The van der Waals surface area contributed by atoms with Crippen molar-refractivity contribution in [3.8, 4) is 122 Å². The molecule has 0 saturated heterocycles. The molecule has 4 aromatic heterocycles. The van der Waals surface area contributed by atoms with Crippen LogP contribution in [-0.4, -0.2) is 19.9 Å². The van der Waals surface area contributed by atoms with E-state index in [0.717, 1.165) is 76.3 Å². The van der Waals surface area contributed by atoms with Gasteiger partial charge in [-0.3, -0.25) is 9.97 Å². The van der Waals surface area contributed by atoms with Gasteiger partial charge in [0.05, 0.1) is 11.0 Å². The molecule has 0 spiro atoms. The Morgan fingerprint density at radius 2 is 0.658 bits per heavy atom. The van der Waals surface area contributed by atoms with E-state index < -0.39 is 0 Å². The first-order chi connectivity index (χ1) is 36.5. The number of fused-ring (bicyclic) bond motifs is 20. The molecule has 0 atom stereocenters. The number of nitrogens with zero attached hydrogens (tertiary/aromatic N) is 4. The van der Waals surface area contributed by atoms with Gasteiger partial charge in [-0.15, -0.1) is 57.1 Å². The van der Waals surface area contributed by atoms with Crippen LogP contribution in [0.1, 0.15) is 52.7 Å². The number of benzene rings is 8. The molecule has 8 heteroatoms. The third kappa shape index (κ3) is 7.81. The summed E-state index contributed by atoms with van der Waals surface area (Å²) in [6, 6.07) is 68.6. The molecule has 2 aliphatic carbocycles. The van der Waals surface area contributed by atoms with Crippen molar-refractivity contribution in [3.05, 3.63) is 206 Å². The molecule has 0 N–H and O–H groups in total. The fraction of sp³-hybridized carbons (Fsp3) is 0.118. The Balaban J connectivity index is 0.00000553. The van der Waals surface area contributed by atoms with Crippen molar-refractivity contribution in [2.75, 3.05) is 0 Å². The van der Waals surface area contributed by atoms with Crippen molar-refractivity contribution in [3.63, 3.8) is 0 Å². The third-order valence-corrected chi connectivity index (χ3v) is 17.3. The zero-order chi connectivity index (χ0) is 50.7. The molecule has 0 fully saturated rings. The summed E-state index contributed by atoms with van der Waals surface area (Å²) in [6.45, 7) is 13.4. The molecule has 2 aliphatic rings. The average molecular weight is 1200 g/mol. The summed E-state index contributed by atoms with van der Waals surface area (Å²) in [5.41, 5.74) is 23.4. The van der Waals surface area contributed by atoms with E-state index in [1.165, 1.54) is 65.4 Å². The first kappa shape index (κ1) is 48.0. The van der Waals surface area contributed by atoms with Gasteiger partial charge in [-0.05, 0) is 66.5 Å². The summed E-state index contributed by atoms with van der Waals surface area (Å²) in [7, 11) is 0. The normalized spacial score (nSPS) is 12.2. The fourth-order valence-corrected chi connectivity index (χ4v) is 13.7. The minimum Gasteiger partial charge on any atom is -0.497 e. The van der Waals surface area contributed by atoms with Crippen LogP contribution in [0.15, 0.2) is 183 Å². The summed E-state index contributed by atoms with van der Waals surface area (Å²) in [5, 5.41) is 0. The molecular formula is C68H48N4OPtS2. The monoisotopic (exact) mass is 1200 g/mol. The van der Waals surface area contributed by atoms with Crippen LogP contribution in [0, 0.1) is 12.1 Å². The number of thiophene rings is 2. The van der Waals surface area contributed by atoms with Gasteiger partial charge in [-0.1, -0.05) is 211 Å². The zero-order valence-corrected chi connectivity index (χ0v) is 46.6. The van der Waals surface area contributed by atoms with Gasteiger partial charge >= 0.3 is 21.1 Å². The summed E-state index contributed by atoms with van der Waals surface area (Å²) >= 11 is 3.50. The van der Waals surface area contributed by atoms with Crippen LogP contribution in [0.2, 0.25) is 0 Å². The van der Waals surface area contributed by atoms with Gasteiger partial charge in [0.2, 0.25) is 0 Å². The largest absolute Gasteiger partial charge is 2.00 e. The predicted molar refractivity (Wildman–Crippen MR) is 311 cm³/mol. The molecule has 0 saturated carbocycles. The van der Waals surface area contributed by atoms with E-state index in [1.54, 1.807) is 35.3 Å². The molecule has 14 rings (SSSR count). The Morgan fingerprint density at radius 1 is 0.368 bits per heavy atom. The van der Waals surface area contributed by atoms with Crippen LogP contribution in [0.25, 0.3) is 131 Å². The van der Waals surface area contributed by atoms with Crippen LogP contribution >= 0.6 is 22.7 Å². The maximum Gasteiger partial charge on any atom is 2.00 e. The van der Waals surface area contributed by atoms with E-state index >= 15 is 0 Å². The molecule has 5 nitrogen and oxygen atoms in total. The molecule has 368 valence electrons. The molecular weight excluding hydrogens is 1150 g/mol. The second-order valence-corrected chi connectivity index (χ2v) is 23.6. The standard InChI is InChI=1S/C68H48N4OS2.Pt/c1-67(2,3)41-31-39(59-65-61(71-37-69-59)57-53-27-15-11-23-49(53)45-19-7-9-21-47(45)51-25-13-17-29-55(51)63(57)74-65)33-43(35-41)73-44-34-40(32-42(36-44)68(4,5)6)60-66-62(72-38-70-60)58-54-28-16-12-24-50(54)46-20-8-10-22-48(46)52-26-14-18-30-56(52)64(58)75-66;/h7-32,35-38H,1-6H3;/q-2;+2. The SMILES string of the molecule is CC(C)(C)c1cc(Oc2[c-]c(-c3ncnc4c5c(sc34)-c3ccccc3-c3ccccc3-c3ccccc3-5)cc(C(C)(C)C)c2)[c-]c(-c2ncnc3c4c(sc23)-c2ccccc2-c2ccccc2-c2ccccc2-4)c1.[Pt+2]. The van der Waals surface area contributed by atoms with Gasteiger partial charge in [-0.2, -0.15) is 0 Å². The Hall–Kier alpha value is -7.67.